The van der Waals surface area contributed by atoms with Crippen molar-refractivity contribution in [2.45, 2.75) is 25.2 Å². The fourth-order valence-electron chi connectivity index (χ4n) is 1.91. The van der Waals surface area contributed by atoms with Crippen LogP contribution in [-0.4, -0.2) is 30.2 Å². The maximum atomic E-state index is 11.9. The van der Waals surface area contributed by atoms with Crippen molar-refractivity contribution in [3.63, 3.8) is 0 Å². The van der Waals surface area contributed by atoms with Crippen LogP contribution in [0, 0.1) is 6.92 Å². The third-order valence-electron chi connectivity index (χ3n) is 2.92. The molecule has 0 atom stereocenters. The van der Waals surface area contributed by atoms with Crippen LogP contribution in [0.3, 0.4) is 0 Å². The van der Waals surface area contributed by atoms with E-state index in [0.29, 0.717) is 22.7 Å². The average Bonchev–Trinajstić information content (AvgIpc) is 2.81. The number of aromatic carboxylic acids is 1. The van der Waals surface area contributed by atoms with Crippen LogP contribution in [0.5, 0.6) is 0 Å². The number of carbonyl (C=O) groups is 1. The van der Waals surface area contributed by atoms with Crippen LogP contribution < -0.4 is 0 Å². The summed E-state index contributed by atoms with van der Waals surface area (Å²) >= 11 is 1.08. The fraction of sp³-hybridized carbons (Fsp3) is 0.286. The Kier molecular flexibility index (Phi) is 4.43. The van der Waals surface area contributed by atoms with Crippen molar-refractivity contribution in [3.8, 4) is 10.6 Å². The fourth-order valence-corrected chi connectivity index (χ4v) is 4.14. The van der Waals surface area contributed by atoms with Gasteiger partial charge in [-0.05, 0) is 25.5 Å². The second-order valence-corrected chi connectivity index (χ2v) is 7.69. The monoisotopic (exact) mass is 325 g/mol. The predicted molar refractivity (Wildman–Crippen MR) is 81.6 cm³/mol. The first kappa shape index (κ1) is 15.7. The predicted octanol–water partition coefficient (Wildman–Crippen LogP) is 3.00. The van der Waals surface area contributed by atoms with E-state index in [1.54, 1.807) is 19.1 Å². The zero-order valence-electron chi connectivity index (χ0n) is 11.7. The molecule has 0 unspecified atom stereocenters. The molecule has 21 heavy (non-hydrogen) atoms. The van der Waals surface area contributed by atoms with E-state index in [9.17, 15) is 13.2 Å². The van der Waals surface area contributed by atoms with Crippen molar-refractivity contribution >= 4 is 27.1 Å². The van der Waals surface area contributed by atoms with Crippen LogP contribution in [0.2, 0.25) is 0 Å². The SMILES string of the molecule is CCCS(=O)(=O)c1ccc(-c2nc(C)c(C(=O)O)s2)cc1. The van der Waals surface area contributed by atoms with Gasteiger partial charge in [0.05, 0.1) is 16.3 Å². The number of rotatable bonds is 5. The number of aromatic nitrogens is 1. The summed E-state index contributed by atoms with van der Waals surface area (Å²) in [6, 6.07) is 6.40. The highest BCUT2D eigenvalue weighted by Gasteiger charge is 2.16. The second kappa shape index (κ2) is 5.95. The number of thiazole rings is 1. The highest BCUT2D eigenvalue weighted by molar-refractivity contribution is 7.91. The Morgan fingerprint density at radius 3 is 2.38 bits per heavy atom. The number of benzene rings is 1. The van der Waals surface area contributed by atoms with Crippen molar-refractivity contribution in [3.05, 3.63) is 34.8 Å². The maximum Gasteiger partial charge on any atom is 0.347 e. The van der Waals surface area contributed by atoms with E-state index in [2.05, 4.69) is 4.98 Å². The molecule has 0 aliphatic heterocycles. The molecule has 5 nitrogen and oxygen atoms in total. The largest absolute Gasteiger partial charge is 0.477 e. The molecule has 0 fully saturated rings. The van der Waals surface area contributed by atoms with Crippen molar-refractivity contribution in [2.75, 3.05) is 5.75 Å². The molecule has 2 aromatic rings. The smallest absolute Gasteiger partial charge is 0.347 e. The zero-order valence-corrected chi connectivity index (χ0v) is 13.3. The van der Waals surface area contributed by atoms with Gasteiger partial charge in [0.15, 0.2) is 9.84 Å². The number of hydrogen-bond acceptors (Lipinski definition) is 5. The number of hydrogen-bond donors (Lipinski definition) is 1. The number of sulfone groups is 1. The lowest BCUT2D eigenvalue weighted by Crippen LogP contribution is -2.05. The molecule has 7 heteroatoms. The number of carboxylic acid groups (broad SMARTS) is 1. The van der Waals surface area contributed by atoms with Crippen LogP contribution >= 0.6 is 11.3 Å². The standard InChI is InChI=1S/C14H15NO4S2/c1-3-8-21(18,19)11-6-4-10(5-7-11)13-15-9(2)12(20-13)14(16)17/h4-7H,3,8H2,1-2H3,(H,16,17). The van der Waals surface area contributed by atoms with Crippen molar-refractivity contribution in [1.29, 1.82) is 0 Å². The summed E-state index contributed by atoms with van der Waals surface area (Å²) in [4.78, 5) is 15.7. The Bertz CT molecular complexity index is 761. The summed E-state index contributed by atoms with van der Waals surface area (Å²) in [5, 5.41) is 9.60. The minimum atomic E-state index is -3.24. The second-order valence-electron chi connectivity index (χ2n) is 4.58. The first-order valence-electron chi connectivity index (χ1n) is 6.39. The summed E-state index contributed by atoms with van der Waals surface area (Å²) in [6.45, 7) is 3.46. The third-order valence-corrected chi connectivity index (χ3v) is 6.05. The highest BCUT2D eigenvalue weighted by Crippen LogP contribution is 2.28. The van der Waals surface area contributed by atoms with Gasteiger partial charge in [0, 0.05) is 5.56 Å². The molecular formula is C14H15NO4S2. The number of carboxylic acids is 1. The highest BCUT2D eigenvalue weighted by atomic mass is 32.2. The maximum absolute atomic E-state index is 11.9. The van der Waals surface area contributed by atoms with Gasteiger partial charge >= 0.3 is 5.97 Å². The van der Waals surface area contributed by atoms with Crippen LogP contribution in [-0.2, 0) is 9.84 Å². The van der Waals surface area contributed by atoms with E-state index < -0.39 is 15.8 Å². The number of nitrogens with zero attached hydrogens (tertiary/aromatic N) is 1. The van der Waals surface area contributed by atoms with E-state index in [-0.39, 0.29) is 15.5 Å². The van der Waals surface area contributed by atoms with Gasteiger partial charge in [0.1, 0.15) is 9.88 Å². The molecule has 1 heterocycles. The topological polar surface area (TPSA) is 84.3 Å². The van der Waals surface area contributed by atoms with Crippen LogP contribution in [0.15, 0.2) is 29.2 Å². The normalized spacial score (nSPS) is 11.5. The van der Waals surface area contributed by atoms with E-state index >= 15 is 0 Å². The molecule has 2 rings (SSSR count). The molecule has 1 aromatic heterocycles. The Hall–Kier alpha value is -1.73. The van der Waals surface area contributed by atoms with Gasteiger partial charge in [-0.25, -0.2) is 18.2 Å². The van der Waals surface area contributed by atoms with Crippen LogP contribution in [0.25, 0.3) is 10.6 Å². The average molecular weight is 325 g/mol. The van der Waals surface area contributed by atoms with E-state index in [1.807, 2.05) is 6.92 Å². The van der Waals surface area contributed by atoms with Gasteiger partial charge in [0.2, 0.25) is 0 Å². The molecule has 0 saturated carbocycles. The van der Waals surface area contributed by atoms with Gasteiger partial charge in [-0.1, -0.05) is 19.1 Å². The van der Waals surface area contributed by atoms with Gasteiger partial charge in [-0.2, -0.15) is 0 Å². The van der Waals surface area contributed by atoms with Crippen molar-refractivity contribution < 1.29 is 18.3 Å². The molecule has 0 spiro atoms. The van der Waals surface area contributed by atoms with Crippen molar-refractivity contribution in [1.82, 2.24) is 4.98 Å². The van der Waals surface area contributed by atoms with E-state index in [1.165, 1.54) is 12.1 Å². The Balaban J connectivity index is 2.36. The summed E-state index contributed by atoms with van der Waals surface area (Å²) in [6.07, 6.45) is 0.567. The molecule has 0 bridgehead atoms. The Morgan fingerprint density at radius 1 is 1.29 bits per heavy atom. The molecule has 0 aliphatic rings. The minimum absolute atomic E-state index is 0.117. The molecule has 0 saturated heterocycles. The summed E-state index contributed by atoms with van der Waals surface area (Å²) < 4.78 is 23.9. The Labute approximate surface area is 127 Å². The van der Waals surface area contributed by atoms with Gasteiger partial charge in [-0.15, -0.1) is 11.3 Å². The molecule has 0 amide bonds. The molecular weight excluding hydrogens is 310 g/mol. The Morgan fingerprint density at radius 2 is 1.90 bits per heavy atom. The third kappa shape index (κ3) is 3.30. The first-order valence-corrected chi connectivity index (χ1v) is 8.86. The van der Waals surface area contributed by atoms with E-state index in [0.717, 1.165) is 11.3 Å². The summed E-state index contributed by atoms with van der Waals surface area (Å²) in [5.74, 6) is -0.885. The zero-order chi connectivity index (χ0) is 15.6. The molecule has 0 aliphatic carbocycles. The lowest BCUT2D eigenvalue weighted by Gasteiger charge is -2.03. The van der Waals surface area contributed by atoms with Gasteiger partial charge in [-0.3, -0.25) is 0 Å². The van der Waals surface area contributed by atoms with Crippen molar-refractivity contribution in [2.24, 2.45) is 0 Å². The van der Waals surface area contributed by atoms with E-state index in [4.69, 9.17) is 5.11 Å². The first-order chi connectivity index (χ1) is 9.85. The van der Waals surface area contributed by atoms with Crippen LogP contribution in [0.1, 0.15) is 28.7 Å². The molecule has 0 radical (unpaired) electrons. The lowest BCUT2D eigenvalue weighted by molar-refractivity contribution is 0.0701. The molecule has 112 valence electrons. The molecule has 1 aromatic carbocycles. The minimum Gasteiger partial charge on any atom is -0.477 e. The quantitative estimate of drug-likeness (QED) is 0.913. The number of aryl methyl sites for hydroxylation is 1. The van der Waals surface area contributed by atoms with Crippen LogP contribution in [0.4, 0.5) is 0 Å². The molecule has 1 N–H and O–H groups in total. The lowest BCUT2D eigenvalue weighted by atomic mass is 10.2. The summed E-state index contributed by atoms with van der Waals surface area (Å²) in [5.41, 5.74) is 1.18. The summed E-state index contributed by atoms with van der Waals surface area (Å²) in [7, 11) is -3.24. The van der Waals surface area contributed by atoms with Gasteiger partial charge in [0.25, 0.3) is 0 Å². The van der Waals surface area contributed by atoms with Gasteiger partial charge < -0.3 is 5.11 Å².